The summed E-state index contributed by atoms with van der Waals surface area (Å²) >= 11 is -6.10. The molecule has 0 aliphatic heterocycles. The average Bonchev–Trinajstić information content (AvgIpc) is 3.10. The first kappa shape index (κ1) is 28.6. The Balaban J connectivity index is 0.00000181. The van der Waals surface area contributed by atoms with E-state index >= 15 is 0 Å². The third kappa shape index (κ3) is 4.73. The molecule has 0 fully saturated rings. The van der Waals surface area contributed by atoms with Crippen LogP contribution in [0.2, 0.25) is 34.5 Å². The number of benzene rings is 2. The number of rotatable bonds is 4. The molecule has 2 aliphatic carbocycles. The van der Waals surface area contributed by atoms with Gasteiger partial charge in [-0.2, -0.15) is 0 Å². The second-order valence-corrected chi connectivity index (χ2v) is 37.9. The molecule has 2 aliphatic rings. The molecule has 2 atom stereocenters. The van der Waals surface area contributed by atoms with Gasteiger partial charge in [-0.15, -0.1) is 0 Å². The van der Waals surface area contributed by atoms with Gasteiger partial charge < -0.3 is 24.8 Å². The van der Waals surface area contributed by atoms with Gasteiger partial charge in [-0.3, -0.25) is 0 Å². The van der Waals surface area contributed by atoms with Crippen LogP contribution in [0, 0.1) is 0 Å². The second kappa shape index (κ2) is 10.1. The molecule has 0 heterocycles. The Morgan fingerprint density at radius 2 is 0.938 bits per heavy atom. The van der Waals surface area contributed by atoms with Gasteiger partial charge in [0.15, 0.2) is 0 Å². The van der Waals surface area contributed by atoms with Crippen molar-refractivity contribution in [3.05, 3.63) is 81.9 Å². The minimum atomic E-state index is -2.15. The maximum Gasteiger partial charge on any atom is -1.00 e. The molecule has 170 valence electrons. The molecule has 0 radical (unpaired) electrons. The molecule has 0 saturated heterocycles. The number of hydrogen-bond acceptors (Lipinski definition) is 0. The molecule has 5 heteroatoms. The van der Waals surface area contributed by atoms with E-state index in [4.69, 9.17) is 4.21 Å². The van der Waals surface area contributed by atoms with Crippen LogP contribution in [-0.4, -0.2) is 30.7 Å². The quantitative estimate of drug-likeness (QED) is 0.438. The third-order valence-corrected chi connectivity index (χ3v) is 23.4. The van der Waals surface area contributed by atoms with Gasteiger partial charge in [0.25, 0.3) is 0 Å². The summed E-state index contributed by atoms with van der Waals surface area (Å²) < 4.78 is 9.89. The Morgan fingerprint density at radius 3 is 1.25 bits per heavy atom. The average molecular weight is 668 g/mol. The number of halogens is 2. The Labute approximate surface area is 221 Å². The van der Waals surface area contributed by atoms with Crippen LogP contribution in [-0.2, 0) is 21.3 Å². The molecule has 0 aromatic heterocycles. The SMILES string of the molecule is [CH2]=[Zr+2]([CH]1C(C)=[C]([Ge]([CH3])([CH3])[CH3])c2ccccc21)[CH]1C(C)=[C]([Ge]([CH3])([CH3])[CH3])c2ccccc21.[Cl-].[Cl-]. The standard InChI is InChI=1S/2C13H17Ge.CH2.2ClH.Zr/c2*1-10-9-11-7-5-6-8-12(11)13(10)14(2,3)4;;;;/h2*5-9H,1-4H3;1H2;2*1H;/q;;;;;+2/p-2. The maximum atomic E-state index is 5.10. The topological polar surface area (TPSA) is 0 Å². The largest absolute Gasteiger partial charge is 1.00 e. The number of allylic oxidation sites excluding steroid dienone is 2. The van der Waals surface area contributed by atoms with Crippen LogP contribution in [0.5, 0.6) is 0 Å². The zero-order valence-electron chi connectivity index (χ0n) is 20.7. The Bertz CT molecular complexity index is 1030. The van der Waals surface area contributed by atoms with Crippen molar-refractivity contribution in [2.75, 3.05) is 0 Å². The van der Waals surface area contributed by atoms with E-state index in [0.29, 0.717) is 7.25 Å². The normalized spacial score (nSPS) is 19.6. The molecule has 4 rings (SSSR count). The first-order chi connectivity index (χ1) is 13.9. The van der Waals surface area contributed by atoms with Gasteiger partial charge in [0.05, 0.1) is 0 Å². The molecule has 2 unspecified atom stereocenters. The van der Waals surface area contributed by atoms with Crippen molar-refractivity contribution in [1.29, 1.82) is 0 Å². The Hall–Kier alpha value is 0.339. The van der Waals surface area contributed by atoms with Gasteiger partial charge in [0.2, 0.25) is 0 Å². The van der Waals surface area contributed by atoms with Crippen molar-refractivity contribution in [3.8, 4) is 0 Å². The van der Waals surface area contributed by atoms with Crippen molar-refractivity contribution < 1.29 is 46.1 Å². The summed E-state index contributed by atoms with van der Waals surface area (Å²) in [4.78, 5) is 0. The first-order valence-corrected chi connectivity index (χ1v) is 30.5. The fourth-order valence-electron chi connectivity index (χ4n) is 6.25. The van der Waals surface area contributed by atoms with Crippen molar-refractivity contribution in [3.63, 3.8) is 0 Å². The number of hydrogen-bond donors (Lipinski definition) is 0. The van der Waals surface area contributed by atoms with Gasteiger partial charge in [-0.05, 0) is 0 Å². The van der Waals surface area contributed by atoms with Gasteiger partial charge in [0, 0.05) is 0 Å². The van der Waals surface area contributed by atoms with E-state index in [1.807, 2.05) is 0 Å². The van der Waals surface area contributed by atoms with Crippen LogP contribution in [0.1, 0.15) is 43.4 Å². The van der Waals surface area contributed by atoms with E-state index in [1.165, 1.54) is 0 Å². The predicted octanol–water partition coefficient (Wildman–Crippen LogP) is 1.86. The van der Waals surface area contributed by atoms with Crippen molar-refractivity contribution in [2.45, 2.75) is 55.6 Å². The fraction of sp³-hybridized carbons (Fsp3) is 0.370. The summed E-state index contributed by atoms with van der Waals surface area (Å²) in [6, 6.07) is 18.7. The molecule has 32 heavy (non-hydrogen) atoms. The second-order valence-electron chi connectivity index (χ2n) is 11.2. The van der Waals surface area contributed by atoms with E-state index in [2.05, 4.69) is 96.9 Å². The van der Waals surface area contributed by atoms with Crippen molar-refractivity contribution in [1.82, 2.24) is 0 Å². The van der Waals surface area contributed by atoms with Gasteiger partial charge in [0.1, 0.15) is 0 Å². The minimum absolute atomic E-state index is 0. The van der Waals surface area contributed by atoms with Crippen LogP contribution in [0.3, 0.4) is 0 Å². The van der Waals surface area contributed by atoms with Crippen LogP contribution < -0.4 is 24.8 Å². The van der Waals surface area contributed by atoms with E-state index in [1.54, 1.807) is 42.2 Å². The minimum Gasteiger partial charge on any atom is -1.00 e. The molecule has 0 amide bonds. The van der Waals surface area contributed by atoms with E-state index in [-0.39, 0.29) is 24.8 Å². The Morgan fingerprint density at radius 1 is 0.625 bits per heavy atom. The summed E-state index contributed by atoms with van der Waals surface area (Å²) in [6.45, 7) is 4.93. The van der Waals surface area contributed by atoms with Crippen LogP contribution in [0.15, 0.2) is 59.7 Å². The molecule has 0 bridgehead atoms. The zero-order valence-corrected chi connectivity index (χ0v) is 28.9. The molecule has 2 aromatic rings. The summed E-state index contributed by atoms with van der Waals surface area (Å²) in [5, 5.41) is 0. The predicted molar refractivity (Wildman–Crippen MR) is 137 cm³/mol. The fourth-order valence-corrected chi connectivity index (χ4v) is 25.1. The van der Waals surface area contributed by atoms with Crippen LogP contribution in [0.4, 0.5) is 0 Å². The van der Waals surface area contributed by atoms with Crippen LogP contribution in [0.25, 0.3) is 8.81 Å². The van der Waals surface area contributed by atoms with E-state index in [0.717, 1.165) is 0 Å². The molecular weight excluding hydrogens is 632 g/mol. The van der Waals surface area contributed by atoms with Crippen molar-refractivity contribution >= 4 is 39.6 Å². The van der Waals surface area contributed by atoms with Gasteiger partial charge >= 0.3 is 198 Å². The smallest absolute Gasteiger partial charge is 1.00 e. The molecule has 0 saturated carbocycles. The molecule has 0 nitrogen and oxygen atoms in total. The Kier molecular flexibility index (Phi) is 9.05. The van der Waals surface area contributed by atoms with E-state index < -0.39 is 47.8 Å². The first-order valence-electron chi connectivity index (χ1n) is 11.2. The molecule has 0 spiro atoms. The van der Waals surface area contributed by atoms with Gasteiger partial charge in [-0.1, -0.05) is 0 Å². The molecular formula is C27H36Cl2Ge2Zr. The van der Waals surface area contributed by atoms with Crippen molar-refractivity contribution in [2.24, 2.45) is 0 Å². The van der Waals surface area contributed by atoms with Gasteiger partial charge in [-0.25, -0.2) is 0 Å². The third-order valence-electron chi connectivity index (χ3n) is 6.98. The van der Waals surface area contributed by atoms with E-state index in [9.17, 15) is 0 Å². The molecule has 2 aromatic carbocycles. The zero-order chi connectivity index (χ0) is 22.0. The summed E-state index contributed by atoms with van der Waals surface area (Å²) in [5.41, 5.74) is 9.79. The summed E-state index contributed by atoms with van der Waals surface area (Å²) in [5.74, 6) is 15.4. The summed E-state index contributed by atoms with van der Waals surface area (Å²) in [7, 11) is 0. The monoisotopic (exact) mass is 668 g/mol. The summed E-state index contributed by atoms with van der Waals surface area (Å²) in [6.07, 6.45) is 0. The number of fused-ring (bicyclic) bond motifs is 2. The van der Waals surface area contributed by atoms with Crippen LogP contribution >= 0.6 is 0 Å². The maximum absolute atomic E-state index is 5.10. The molecule has 0 N–H and O–H groups in total.